The minimum absolute atomic E-state index is 0.00623. The van der Waals surface area contributed by atoms with Gasteiger partial charge in [0.25, 0.3) is 5.56 Å². The van der Waals surface area contributed by atoms with Crippen LogP contribution in [0.1, 0.15) is 12.5 Å². The highest BCUT2D eigenvalue weighted by molar-refractivity contribution is 7.81. The van der Waals surface area contributed by atoms with Gasteiger partial charge in [-0.1, -0.05) is 6.58 Å². The molecular formula is C12H15N5O2S. The van der Waals surface area contributed by atoms with E-state index < -0.39 is 0 Å². The van der Waals surface area contributed by atoms with E-state index in [4.69, 9.17) is 5.73 Å². The van der Waals surface area contributed by atoms with E-state index in [-0.39, 0.29) is 40.8 Å². The molecule has 8 heteroatoms. The number of hydrogen-bond donors (Lipinski definition) is 4. The number of fused-ring (bicyclic) bond motifs is 1. The molecule has 3 rings (SSSR count). The van der Waals surface area contributed by atoms with E-state index in [2.05, 4.69) is 34.2 Å². The summed E-state index contributed by atoms with van der Waals surface area (Å²) in [6.45, 7) is 4.05. The Balaban J connectivity index is 2.12. The molecule has 2 aromatic rings. The smallest absolute Gasteiger partial charge is 0.280 e. The lowest BCUT2D eigenvalue weighted by atomic mass is 10.0. The maximum atomic E-state index is 11.8. The van der Waals surface area contributed by atoms with Crippen LogP contribution in [0.25, 0.3) is 11.2 Å². The predicted octanol–water partition coefficient (Wildman–Crippen LogP) is 0.110. The number of nitrogens with one attached hydrogen (secondary N) is 1. The predicted molar refractivity (Wildman–Crippen MR) is 78.7 cm³/mol. The lowest BCUT2D eigenvalue weighted by Gasteiger charge is -2.15. The summed E-state index contributed by atoms with van der Waals surface area (Å²) >= 11 is 4.48. The van der Waals surface area contributed by atoms with Gasteiger partial charge in [0.2, 0.25) is 5.95 Å². The van der Waals surface area contributed by atoms with Crippen LogP contribution in [0.2, 0.25) is 0 Å². The molecule has 2 heterocycles. The molecule has 0 saturated heterocycles. The average molecular weight is 293 g/mol. The van der Waals surface area contributed by atoms with Gasteiger partial charge >= 0.3 is 0 Å². The molecule has 20 heavy (non-hydrogen) atoms. The highest BCUT2D eigenvalue weighted by Crippen LogP contribution is 2.42. The summed E-state index contributed by atoms with van der Waals surface area (Å²) in [5, 5.41) is 9.42. The van der Waals surface area contributed by atoms with Crippen LogP contribution in [0, 0.1) is 5.92 Å². The largest absolute Gasteiger partial charge is 0.396 e. The third-order valence-corrected chi connectivity index (χ3v) is 4.39. The fourth-order valence-electron chi connectivity index (χ4n) is 2.74. The molecule has 0 bridgehead atoms. The van der Waals surface area contributed by atoms with Crippen molar-refractivity contribution in [3.8, 4) is 0 Å². The second kappa shape index (κ2) is 4.64. The molecule has 0 amide bonds. The van der Waals surface area contributed by atoms with Crippen LogP contribution >= 0.6 is 12.6 Å². The Kier molecular flexibility index (Phi) is 3.06. The molecule has 1 saturated carbocycles. The minimum Gasteiger partial charge on any atom is -0.396 e. The van der Waals surface area contributed by atoms with E-state index >= 15 is 0 Å². The number of nitrogens with zero attached hydrogens (tertiary/aromatic N) is 3. The molecule has 106 valence electrons. The molecule has 0 radical (unpaired) electrons. The number of rotatable bonds is 2. The van der Waals surface area contributed by atoms with Gasteiger partial charge in [0.15, 0.2) is 11.2 Å². The zero-order valence-electron chi connectivity index (χ0n) is 10.7. The van der Waals surface area contributed by atoms with Gasteiger partial charge in [-0.15, -0.1) is 0 Å². The van der Waals surface area contributed by atoms with Crippen LogP contribution < -0.4 is 11.3 Å². The van der Waals surface area contributed by atoms with Crippen molar-refractivity contribution in [2.24, 2.45) is 5.92 Å². The van der Waals surface area contributed by atoms with Gasteiger partial charge in [-0.2, -0.15) is 17.6 Å². The van der Waals surface area contributed by atoms with Crippen molar-refractivity contribution in [1.82, 2.24) is 19.5 Å². The molecule has 0 aliphatic heterocycles. The Morgan fingerprint density at radius 1 is 1.65 bits per heavy atom. The molecule has 0 aromatic carbocycles. The van der Waals surface area contributed by atoms with Gasteiger partial charge in [0.05, 0.1) is 19.0 Å². The molecule has 1 fully saturated rings. The number of hydrogen-bond acceptors (Lipinski definition) is 6. The van der Waals surface area contributed by atoms with Crippen LogP contribution in [-0.2, 0) is 0 Å². The van der Waals surface area contributed by atoms with Crippen molar-refractivity contribution in [3.05, 3.63) is 28.8 Å². The number of nitrogen functional groups attached to an aromatic ring is 1. The maximum Gasteiger partial charge on any atom is 0.280 e. The van der Waals surface area contributed by atoms with Crippen LogP contribution in [0.15, 0.2) is 23.3 Å². The van der Waals surface area contributed by atoms with Gasteiger partial charge in [-0.05, 0) is 12.0 Å². The van der Waals surface area contributed by atoms with Gasteiger partial charge in [0, 0.05) is 11.2 Å². The van der Waals surface area contributed by atoms with E-state index in [1.54, 1.807) is 10.9 Å². The fourth-order valence-corrected chi connectivity index (χ4v) is 3.23. The van der Waals surface area contributed by atoms with Crippen molar-refractivity contribution < 1.29 is 5.11 Å². The average Bonchev–Trinajstić information content (AvgIpc) is 2.91. The van der Waals surface area contributed by atoms with Crippen molar-refractivity contribution >= 4 is 29.7 Å². The Morgan fingerprint density at radius 2 is 2.40 bits per heavy atom. The molecule has 7 nitrogen and oxygen atoms in total. The number of aliphatic hydroxyl groups excluding tert-OH is 1. The summed E-state index contributed by atoms with van der Waals surface area (Å²) in [5.74, 6) is -0.0193. The number of thiol groups is 1. The summed E-state index contributed by atoms with van der Waals surface area (Å²) in [5.41, 5.74) is 6.76. The Morgan fingerprint density at radius 3 is 3.05 bits per heavy atom. The van der Waals surface area contributed by atoms with E-state index in [1.165, 1.54) is 0 Å². The zero-order valence-corrected chi connectivity index (χ0v) is 11.5. The molecule has 1 aliphatic carbocycles. The van der Waals surface area contributed by atoms with E-state index in [9.17, 15) is 9.90 Å². The normalized spacial score (nSPS) is 26.5. The summed E-state index contributed by atoms with van der Waals surface area (Å²) in [4.78, 5) is 22.4. The number of imidazole rings is 1. The van der Waals surface area contributed by atoms with Gasteiger partial charge < -0.3 is 15.4 Å². The SMILES string of the molecule is C=C1[C@H](CO)[C@@H](S)C[C@@H]1n1cnc2c(=O)[nH]c(N)nc21. The second-order valence-electron chi connectivity index (χ2n) is 4.96. The monoisotopic (exact) mass is 293 g/mol. The van der Waals surface area contributed by atoms with Crippen molar-refractivity contribution in [1.29, 1.82) is 0 Å². The molecule has 4 N–H and O–H groups in total. The van der Waals surface area contributed by atoms with E-state index in [1.807, 2.05) is 0 Å². The minimum atomic E-state index is -0.365. The van der Waals surface area contributed by atoms with E-state index in [0.717, 1.165) is 5.57 Å². The molecule has 2 aromatic heterocycles. The van der Waals surface area contributed by atoms with Crippen LogP contribution in [0.4, 0.5) is 5.95 Å². The van der Waals surface area contributed by atoms with Crippen molar-refractivity contribution in [2.75, 3.05) is 12.3 Å². The first-order valence-electron chi connectivity index (χ1n) is 6.23. The van der Waals surface area contributed by atoms with Gasteiger partial charge in [-0.3, -0.25) is 9.78 Å². The molecule has 0 spiro atoms. The first-order chi connectivity index (χ1) is 9.52. The summed E-state index contributed by atoms with van der Waals surface area (Å²) in [6, 6.07) is -0.0895. The van der Waals surface area contributed by atoms with Crippen LogP contribution in [-0.4, -0.2) is 36.5 Å². The number of aliphatic hydroxyl groups is 1. The lowest BCUT2D eigenvalue weighted by Crippen LogP contribution is -2.15. The molecular weight excluding hydrogens is 278 g/mol. The number of aromatic nitrogens is 4. The quantitative estimate of drug-likeness (QED) is 0.464. The molecule has 0 unspecified atom stereocenters. The first-order valence-corrected chi connectivity index (χ1v) is 6.74. The van der Waals surface area contributed by atoms with Crippen molar-refractivity contribution in [2.45, 2.75) is 17.7 Å². The highest BCUT2D eigenvalue weighted by atomic mass is 32.1. The topological polar surface area (TPSA) is 110 Å². The third kappa shape index (κ3) is 1.83. The van der Waals surface area contributed by atoms with Gasteiger partial charge in [-0.25, -0.2) is 4.98 Å². The standard InChI is InChI=1S/C12H15N5O2S/c1-5-6(3-18)8(20)2-7(5)17-4-14-9-10(17)15-12(13)16-11(9)19/h4,6-8,18,20H,1-3H2,(H3,13,15,16,19)/t6-,7-,8-/m0/s1. The number of nitrogens with two attached hydrogens (primary N) is 1. The number of anilines is 1. The Hall–Kier alpha value is -1.80. The lowest BCUT2D eigenvalue weighted by molar-refractivity contribution is 0.252. The third-order valence-electron chi connectivity index (χ3n) is 3.82. The number of H-pyrrole nitrogens is 1. The van der Waals surface area contributed by atoms with E-state index in [0.29, 0.717) is 12.1 Å². The fraction of sp³-hybridized carbons (Fsp3) is 0.417. The van der Waals surface area contributed by atoms with Gasteiger partial charge in [0.1, 0.15) is 0 Å². The maximum absolute atomic E-state index is 11.8. The molecule has 1 aliphatic rings. The first kappa shape index (κ1) is 13.2. The Bertz CT molecular complexity index is 737. The Labute approximate surface area is 120 Å². The van der Waals surface area contributed by atoms with Crippen LogP contribution in [0.3, 0.4) is 0 Å². The highest BCUT2D eigenvalue weighted by Gasteiger charge is 2.37. The van der Waals surface area contributed by atoms with Crippen molar-refractivity contribution in [3.63, 3.8) is 0 Å². The summed E-state index contributed by atoms with van der Waals surface area (Å²) < 4.78 is 1.78. The van der Waals surface area contributed by atoms with Crippen LogP contribution in [0.5, 0.6) is 0 Å². The zero-order chi connectivity index (χ0) is 14.4. The molecule has 3 atom stereocenters. The summed E-state index contributed by atoms with van der Waals surface area (Å²) in [6.07, 6.45) is 2.26. The number of aromatic amines is 1. The second-order valence-corrected chi connectivity index (χ2v) is 5.62. The summed E-state index contributed by atoms with van der Waals surface area (Å²) in [7, 11) is 0.